The van der Waals surface area contributed by atoms with Crippen molar-refractivity contribution in [1.82, 2.24) is 5.32 Å². The molecule has 0 fully saturated rings. The minimum atomic E-state index is -0.324. The van der Waals surface area contributed by atoms with E-state index < -0.39 is 0 Å². The minimum Gasteiger partial charge on any atom is -0.507 e. The standard InChI is InChI=1S/C16H16ClNO2/c1-10-5-3-4-6-13(10)11(2)18-16(20)14-8-7-12(17)9-15(14)19/h3-9,11,19H,1-2H3,(H,18,20). The lowest BCUT2D eigenvalue weighted by atomic mass is 10.0. The van der Waals surface area contributed by atoms with Crippen LogP contribution in [0.15, 0.2) is 42.5 Å². The molecule has 0 saturated carbocycles. The Bertz CT molecular complexity index is 640. The zero-order valence-electron chi connectivity index (χ0n) is 11.4. The molecule has 0 aliphatic rings. The van der Waals surface area contributed by atoms with E-state index in [4.69, 9.17) is 11.6 Å². The number of halogens is 1. The summed E-state index contributed by atoms with van der Waals surface area (Å²) in [5, 5.41) is 13.0. The summed E-state index contributed by atoms with van der Waals surface area (Å²) in [6.45, 7) is 3.91. The van der Waals surface area contributed by atoms with Crippen LogP contribution in [0.25, 0.3) is 0 Å². The maximum Gasteiger partial charge on any atom is 0.255 e. The number of carbonyl (C=O) groups excluding carboxylic acids is 1. The molecule has 2 rings (SSSR count). The molecule has 0 spiro atoms. The fourth-order valence-electron chi connectivity index (χ4n) is 2.12. The van der Waals surface area contributed by atoms with Gasteiger partial charge in [-0.1, -0.05) is 35.9 Å². The molecule has 104 valence electrons. The van der Waals surface area contributed by atoms with Gasteiger partial charge in [-0.3, -0.25) is 4.79 Å². The first kappa shape index (κ1) is 14.4. The molecule has 0 aliphatic carbocycles. The van der Waals surface area contributed by atoms with Crippen LogP contribution in [-0.2, 0) is 0 Å². The second-order valence-electron chi connectivity index (χ2n) is 4.71. The number of nitrogens with one attached hydrogen (secondary N) is 1. The zero-order valence-corrected chi connectivity index (χ0v) is 12.1. The molecule has 20 heavy (non-hydrogen) atoms. The number of benzene rings is 2. The van der Waals surface area contributed by atoms with Crippen molar-refractivity contribution >= 4 is 17.5 Å². The van der Waals surface area contributed by atoms with Crippen LogP contribution in [0.4, 0.5) is 0 Å². The lowest BCUT2D eigenvalue weighted by Crippen LogP contribution is -2.27. The Labute approximate surface area is 123 Å². The SMILES string of the molecule is Cc1ccccc1C(C)NC(=O)c1ccc(Cl)cc1O. The van der Waals surface area contributed by atoms with Crippen LogP contribution >= 0.6 is 11.6 Å². The molecule has 0 saturated heterocycles. The summed E-state index contributed by atoms with van der Waals surface area (Å²) in [6.07, 6.45) is 0. The molecule has 2 aromatic carbocycles. The van der Waals surface area contributed by atoms with Gasteiger partial charge in [0.25, 0.3) is 5.91 Å². The number of rotatable bonds is 3. The minimum absolute atomic E-state index is 0.119. The second-order valence-corrected chi connectivity index (χ2v) is 5.15. The summed E-state index contributed by atoms with van der Waals surface area (Å²) in [5.41, 5.74) is 2.38. The van der Waals surface area contributed by atoms with E-state index in [0.29, 0.717) is 5.02 Å². The molecule has 0 radical (unpaired) electrons. The number of amides is 1. The highest BCUT2D eigenvalue weighted by atomic mass is 35.5. The lowest BCUT2D eigenvalue weighted by Gasteiger charge is -2.17. The largest absolute Gasteiger partial charge is 0.507 e. The summed E-state index contributed by atoms with van der Waals surface area (Å²) >= 11 is 5.75. The van der Waals surface area contributed by atoms with E-state index in [1.54, 1.807) is 6.07 Å². The van der Waals surface area contributed by atoms with E-state index >= 15 is 0 Å². The highest BCUT2D eigenvalue weighted by Crippen LogP contribution is 2.23. The molecule has 2 aromatic rings. The van der Waals surface area contributed by atoms with Gasteiger partial charge in [-0.2, -0.15) is 0 Å². The summed E-state index contributed by atoms with van der Waals surface area (Å²) in [5.74, 6) is -0.443. The van der Waals surface area contributed by atoms with Crippen LogP contribution in [0.2, 0.25) is 5.02 Å². The Morgan fingerprint density at radius 1 is 1.25 bits per heavy atom. The third-order valence-electron chi connectivity index (χ3n) is 3.21. The van der Waals surface area contributed by atoms with Crippen molar-refractivity contribution in [3.63, 3.8) is 0 Å². The van der Waals surface area contributed by atoms with Gasteiger partial charge in [0.05, 0.1) is 11.6 Å². The number of carbonyl (C=O) groups is 1. The number of hydrogen-bond donors (Lipinski definition) is 2. The number of aromatic hydroxyl groups is 1. The predicted octanol–water partition coefficient (Wildman–Crippen LogP) is 3.85. The third kappa shape index (κ3) is 3.11. The molecule has 0 bridgehead atoms. The van der Waals surface area contributed by atoms with E-state index in [9.17, 15) is 9.90 Å². The van der Waals surface area contributed by atoms with Crippen molar-refractivity contribution in [1.29, 1.82) is 0 Å². The second kappa shape index (κ2) is 5.97. The van der Waals surface area contributed by atoms with Crippen LogP contribution in [0.3, 0.4) is 0 Å². The van der Waals surface area contributed by atoms with Gasteiger partial charge in [-0.25, -0.2) is 0 Å². The Balaban J connectivity index is 2.17. The van der Waals surface area contributed by atoms with E-state index in [1.165, 1.54) is 12.1 Å². The molecule has 0 heterocycles. The Kier molecular flexibility index (Phi) is 4.30. The van der Waals surface area contributed by atoms with Crippen molar-refractivity contribution < 1.29 is 9.90 Å². The van der Waals surface area contributed by atoms with Crippen molar-refractivity contribution in [2.24, 2.45) is 0 Å². The fourth-order valence-corrected chi connectivity index (χ4v) is 2.29. The average molecular weight is 290 g/mol. The first-order chi connectivity index (χ1) is 9.49. The quantitative estimate of drug-likeness (QED) is 0.902. The van der Waals surface area contributed by atoms with Gasteiger partial charge in [0, 0.05) is 5.02 Å². The van der Waals surface area contributed by atoms with Gasteiger partial charge in [-0.05, 0) is 43.2 Å². The van der Waals surface area contributed by atoms with Crippen molar-refractivity contribution in [3.8, 4) is 5.75 Å². The van der Waals surface area contributed by atoms with Crippen LogP contribution in [0, 0.1) is 6.92 Å². The molecule has 1 atom stereocenters. The third-order valence-corrected chi connectivity index (χ3v) is 3.44. The van der Waals surface area contributed by atoms with E-state index in [1.807, 2.05) is 38.1 Å². The fraction of sp³-hybridized carbons (Fsp3) is 0.188. The predicted molar refractivity (Wildman–Crippen MR) is 80.2 cm³/mol. The molecule has 3 nitrogen and oxygen atoms in total. The highest BCUT2D eigenvalue weighted by Gasteiger charge is 2.15. The first-order valence-corrected chi connectivity index (χ1v) is 6.71. The van der Waals surface area contributed by atoms with Crippen molar-refractivity contribution in [3.05, 3.63) is 64.2 Å². The van der Waals surface area contributed by atoms with Gasteiger partial charge < -0.3 is 10.4 Å². The number of phenols is 1. The van der Waals surface area contributed by atoms with Crippen LogP contribution in [0.1, 0.15) is 34.5 Å². The van der Waals surface area contributed by atoms with Gasteiger partial charge in [0.1, 0.15) is 5.75 Å². The normalized spacial score (nSPS) is 11.9. The van der Waals surface area contributed by atoms with E-state index in [0.717, 1.165) is 11.1 Å². The van der Waals surface area contributed by atoms with Crippen LogP contribution in [-0.4, -0.2) is 11.0 Å². The highest BCUT2D eigenvalue weighted by molar-refractivity contribution is 6.30. The van der Waals surface area contributed by atoms with Crippen molar-refractivity contribution in [2.45, 2.75) is 19.9 Å². The van der Waals surface area contributed by atoms with Gasteiger partial charge in [0.2, 0.25) is 0 Å². The number of phenolic OH excluding ortho intramolecular Hbond substituents is 1. The topological polar surface area (TPSA) is 49.3 Å². The van der Waals surface area contributed by atoms with Crippen LogP contribution in [0.5, 0.6) is 5.75 Å². The molecule has 1 unspecified atom stereocenters. The summed E-state index contributed by atoms with van der Waals surface area (Å²) < 4.78 is 0. The maximum absolute atomic E-state index is 12.2. The number of aryl methyl sites for hydroxylation is 1. The zero-order chi connectivity index (χ0) is 14.7. The molecule has 0 aromatic heterocycles. The lowest BCUT2D eigenvalue weighted by molar-refractivity contribution is 0.0937. The Morgan fingerprint density at radius 3 is 2.60 bits per heavy atom. The smallest absolute Gasteiger partial charge is 0.255 e. The van der Waals surface area contributed by atoms with Crippen molar-refractivity contribution in [2.75, 3.05) is 0 Å². The van der Waals surface area contributed by atoms with E-state index in [-0.39, 0.29) is 23.3 Å². The molecule has 0 aliphatic heterocycles. The van der Waals surface area contributed by atoms with E-state index in [2.05, 4.69) is 5.32 Å². The maximum atomic E-state index is 12.2. The van der Waals surface area contributed by atoms with Gasteiger partial charge in [0.15, 0.2) is 0 Å². The first-order valence-electron chi connectivity index (χ1n) is 6.34. The summed E-state index contributed by atoms with van der Waals surface area (Å²) in [6, 6.07) is 12.2. The molecular weight excluding hydrogens is 274 g/mol. The van der Waals surface area contributed by atoms with Gasteiger partial charge in [-0.15, -0.1) is 0 Å². The molecule has 1 amide bonds. The Hall–Kier alpha value is -2.00. The number of hydrogen-bond acceptors (Lipinski definition) is 2. The van der Waals surface area contributed by atoms with Crippen LogP contribution < -0.4 is 5.32 Å². The van der Waals surface area contributed by atoms with Gasteiger partial charge >= 0.3 is 0 Å². The molecular formula is C16H16ClNO2. The summed E-state index contributed by atoms with van der Waals surface area (Å²) in [4.78, 5) is 12.2. The summed E-state index contributed by atoms with van der Waals surface area (Å²) in [7, 11) is 0. The molecule has 2 N–H and O–H groups in total. The Morgan fingerprint density at radius 2 is 1.95 bits per heavy atom. The monoisotopic (exact) mass is 289 g/mol. The molecule has 4 heteroatoms. The average Bonchev–Trinajstić information content (AvgIpc) is 2.38.